The minimum atomic E-state index is -0.295. The summed E-state index contributed by atoms with van der Waals surface area (Å²) in [4.78, 5) is 26.9. The van der Waals surface area contributed by atoms with Crippen LogP contribution >= 0.6 is 0 Å². The minimum Gasteiger partial charge on any atom is -0.354 e. The fourth-order valence-corrected chi connectivity index (χ4v) is 3.95. The zero-order chi connectivity index (χ0) is 15.1. The summed E-state index contributed by atoms with van der Waals surface area (Å²) in [5.74, 6) is 0.674. The Bertz CT molecular complexity index is 622. The van der Waals surface area contributed by atoms with Crippen LogP contribution in [0.15, 0.2) is 18.2 Å². The quantitative estimate of drug-likeness (QED) is 0.912. The van der Waals surface area contributed by atoms with Gasteiger partial charge in [-0.1, -0.05) is 18.6 Å². The number of carbonyl (C=O) groups is 2. The van der Waals surface area contributed by atoms with E-state index in [1.54, 1.807) is 4.90 Å². The Morgan fingerprint density at radius 1 is 1.05 bits per heavy atom. The summed E-state index contributed by atoms with van der Waals surface area (Å²) >= 11 is 0. The summed E-state index contributed by atoms with van der Waals surface area (Å²) in [5.41, 5.74) is 3.34. The highest BCUT2D eigenvalue weighted by molar-refractivity contribution is 6.01. The number of hydrogen-bond acceptors (Lipinski definition) is 2. The first kappa shape index (κ1) is 13.8. The number of nitrogens with zero attached hydrogens (tertiary/aromatic N) is 1. The number of benzene rings is 1. The summed E-state index contributed by atoms with van der Waals surface area (Å²) in [5, 5.41) is 2.95. The first-order valence-electron chi connectivity index (χ1n) is 8.46. The topological polar surface area (TPSA) is 49.4 Å². The Labute approximate surface area is 130 Å². The number of carbonyl (C=O) groups excluding carboxylic acids is 2. The van der Waals surface area contributed by atoms with Gasteiger partial charge in [0.1, 0.15) is 6.04 Å². The van der Waals surface area contributed by atoms with Gasteiger partial charge in [-0.05, 0) is 55.2 Å². The van der Waals surface area contributed by atoms with Gasteiger partial charge >= 0.3 is 0 Å². The predicted molar refractivity (Wildman–Crippen MR) is 83.6 cm³/mol. The molecule has 1 aliphatic carbocycles. The van der Waals surface area contributed by atoms with Crippen molar-refractivity contribution in [3.8, 4) is 0 Å². The fourth-order valence-electron chi connectivity index (χ4n) is 3.95. The van der Waals surface area contributed by atoms with Crippen molar-refractivity contribution in [2.45, 2.75) is 57.0 Å². The zero-order valence-corrected chi connectivity index (χ0v) is 12.8. The number of hydrogen-bond donors (Lipinski definition) is 1. The monoisotopic (exact) mass is 298 g/mol. The van der Waals surface area contributed by atoms with Gasteiger partial charge in [0.15, 0.2) is 0 Å². The molecular weight excluding hydrogens is 276 g/mol. The van der Waals surface area contributed by atoms with Crippen molar-refractivity contribution in [1.29, 1.82) is 0 Å². The lowest BCUT2D eigenvalue weighted by atomic mass is 9.77. The van der Waals surface area contributed by atoms with Gasteiger partial charge in [0.2, 0.25) is 5.91 Å². The van der Waals surface area contributed by atoms with E-state index in [2.05, 4.69) is 11.4 Å². The molecule has 0 radical (unpaired) electrons. The lowest BCUT2D eigenvalue weighted by Gasteiger charge is -2.28. The van der Waals surface area contributed by atoms with Crippen molar-refractivity contribution >= 4 is 11.8 Å². The Morgan fingerprint density at radius 2 is 1.91 bits per heavy atom. The van der Waals surface area contributed by atoms with Gasteiger partial charge in [0.05, 0.1) is 0 Å². The highest BCUT2D eigenvalue weighted by atomic mass is 16.2. The van der Waals surface area contributed by atoms with Crippen LogP contribution in [0, 0.1) is 0 Å². The Hall–Kier alpha value is -1.84. The van der Waals surface area contributed by atoms with Crippen LogP contribution in [0.5, 0.6) is 0 Å². The van der Waals surface area contributed by atoms with E-state index in [4.69, 9.17) is 0 Å². The smallest absolute Gasteiger partial charge is 0.255 e. The molecule has 1 unspecified atom stereocenters. The standard InChI is InChI=1S/C18H22N2O2/c21-17-16(9-1-2-10-19-17)20-11-15-13(12-5-3-6-12)7-4-8-14(15)18(20)22/h4,7-8,12,16H,1-3,5-6,9-11H2,(H,19,21). The Morgan fingerprint density at radius 3 is 2.68 bits per heavy atom. The summed E-state index contributed by atoms with van der Waals surface area (Å²) in [6.07, 6.45) is 6.54. The molecule has 116 valence electrons. The van der Waals surface area contributed by atoms with Gasteiger partial charge in [0, 0.05) is 18.7 Å². The van der Waals surface area contributed by atoms with Gasteiger partial charge in [-0.25, -0.2) is 0 Å². The van der Waals surface area contributed by atoms with Crippen molar-refractivity contribution < 1.29 is 9.59 Å². The molecular formula is C18H22N2O2. The van der Waals surface area contributed by atoms with E-state index in [9.17, 15) is 9.59 Å². The molecule has 22 heavy (non-hydrogen) atoms. The zero-order valence-electron chi connectivity index (χ0n) is 12.8. The van der Waals surface area contributed by atoms with Crippen LogP contribution in [-0.4, -0.2) is 29.3 Å². The van der Waals surface area contributed by atoms with Crippen molar-refractivity contribution in [2.24, 2.45) is 0 Å². The van der Waals surface area contributed by atoms with Gasteiger partial charge in [-0.2, -0.15) is 0 Å². The van der Waals surface area contributed by atoms with Gasteiger partial charge in [-0.15, -0.1) is 0 Å². The Kier molecular flexibility index (Phi) is 3.40. The van der Waals surface area contributed by atoms with Crippen LogP contribution in [0.3, 0.4) is 0 Å². The second-order valence-electron chi connectivity index (χ2n) is 6.74. The molecule has 1 saturated carbocycles. The van der Waals surface area contributed by atoms with E-state index in [-0.39, 0.29) is 17.9 Å². The number of nitrogens with one attached hydrogen (secondary N) is 1. The fraction of sp³-hybridized carbons (Fsp3) is 0.556. The van der Waals surface area contributed by atoms with Crippen LogP contribution in [0.25, 0.3) is 0 Å². The predicted octanol–water partition coefficient (Wildman–Crippen LogP) is 2.58. The van der Waals surface area contributed by atoms with Crippen molar-refractivity contribution in [3.05, 3.63) is 34.9 Å². The highest BCUT2D eigenvalue weighted by Crippen LogP contribution is 2.41. The molecule has 4 rings (SSSR count). The molecule has 4 nitrogen and oxygen atoms in total. The van der Waals surface area contributed by atoms with Gasteiger partial charge < -0.3 is 10.2 Å². The third-order valence-electron chi connectivity index (χ3n) is 5.46. The molecule has 4 heteroatoms. The first-order valence-corrected chi connectivity index (χ1v) is 8.46. The van der Waals surface area contributed by atoms with Crippen LogP contribution in [0.4, 0.5) is 0 Å². The van der Waals surface area contributed by atoms with Gasteiger partial charge in [-0.3, -0.25) is 9.59 Å². The third-order valence-corrected chi connectivity index (χ3v) is 5.46. The van der Waals surface area contributed by atoms with E-state index < -0.39 is 0 Å². The lowest BCUT2D eigenvalue weighted by molar-refractivity contribution is -0.125. The Balaban J connectivity index is 1.64. The normalized spacial score (nSPS) is 25.5. The molecule has 0 aromatic heterocycles. The molecule has 1 atom stereocenters. The van der Waals surface area contributed by atoms with Crippen LogP contribution < -0.4 is 5.32 Å². The van der Waals surface area contributed by atoms with Crippen LogP contribution in [0.1, 0.15) is 65.9 Å². The van der Waals surface area contributed by atoms with Crippen molar-refractivity contribution in [1.82, 2.24) is 10.2 Å². The maximum Gasteiger partial charge on any atom is 0.255 e. The summed E-state index contributed by atoms with van der Waals surface area (Å²) < 4.78 is 0. The largest absolute Gasteiger partial charge is 0.354 e. The number of fused-ring (bicyclic) bond motifs is 1. The molecule has 1 N–H and O–H groups in total. The molecule has 0 spiro atoms. The minimum absolute atomic E-state index is 0.0175. The average Bonchev–Trinajstić information content (AvgIpc) is 2.65. The van der Waals surface area contributed by atoms with E-state index >= 15 is 0 Å². The highest BCUT2D eigenvalue weighted by Gasteiger charge is 2.38. The maximum atomic E-state index is 12.8. The molecule has 3 aliphatic rings. The molecule has 2 amide bonds. The molecule has 1 aromatic rings. The van der Waals surface area contributed by atoms with E-state index in [1.807, 2.05) is 12.1 Å². The molecule has 2 heterocycles. The van der Waals surface area contributed by atoms with E-state index in [0.29, 0.717) is 12.5 Å². The second-order valence-corrected chi connectivity index (χ2v) is 6.74. The average molecular weight is 298 g/mol. The SMILES string of the molecule is O=C1NCCCCC1N1Cc2c(cccc2C2CCC2)C1=O. The van der Waals surface area contributed by atoms with Crippen LogP contribution in [-0.2, 0) is 11.3 Å². The van der Waals surface area contributed by atoms with E-state index in [1.165, 1.54) is 30.4 Å². The molecule has 2 aliphatic heterocycles. The molecule has 1 aromatic carbocycles. The summed E-state index contributed by atoms with van der Waals surface area (Å²) in [7, 11) is 0. The number of rotatable bonds is 2. The summed E-state index contributed by atoms with van der Waals surface area (Å²) in [6.45, 7) is 1.34. The maximum absolute atomic E-state index is 12.8. The van der Waals surface area contributed by atoms with Crippen molar-refractivity contribution in [2.75, 3.05) is 6.54 Å². The second kappa shape index (κ2) is 5.41. The molecule has 1 saturated heterocycles. The first-order chi connectivity index (χ1) is 10.8. The number of amides is 2. The lowest BCUT2D eigenvalue weighted by Crippen LogP contribution is -2.45. The van der Waals surface area contributed by atoms with Gasteiger partial charge in [0.25, 0.3) is 5.91 Å². The molecule has 0 bridgehead atoms. The van der Waals surface area contributed by atoms with Crippen LogP contribution in [0.2, 0.25) is 0 Å². The molecule has 2 fully saturated rings. The summed E-state index contributed by atoms with van der Waals surface area (Å²) in [6, 6.07) is 5.80. The van der Waals surface area contributed by atoms with Crippen molar-refractivity contribution in [3.63, 3.8) is 0 Å². The third kappa shape index (κ3) is 2.13. The van der Waals surface area contributed by atoms with E-state index in [0.717, 1.165) is 31.4 Å².